The minimum absolute atomic E-state index is 0.178. The van der Waals surface area contributed by atoms with Crippen molar-refractivity contribution >= 4 is 27.4 Å². The van der Waals surface area contributed by atoms with Gasteiger partial charge in [0.2, 0.25) is 0 Å². The standard InChI is InChI=1S/C14H16BrN3/c1-9-8-17-14(7-13(9)16)18-10(2)11-4-3-5-12(15)6-11/h3-8,10H,1-2H3,(H3,16,17,18). The van der Waals surface area contributed by atoms with Crippen molar-refractivity contribution in [3.05, 3.63) is 52.1 Å². The van der Waals surface area contributed by atoms with Gasteiger partial charge in [-0.05, 0) is 37.1 Å². The van der Waals surface area contributed by atoms with E-state index in [9.17, 15) is 0 Å². The van der Waals surface area contributed by atoms with Crippen LogP contribution in [0.1, 0.15) is 24.1 Å². The van der Waals surface area contributed by atoms with Crippen molar-refractivity contribution in [3.63, 3.8) is 0 Å². The molecular formula is C14H16BrN3. The molecule has 94 valence electrons. The van der Waals surface area contributed by atoms with Crippen LogP contribution >= 0.6 is 15.9 Å². The SMILES string of the molecule is Cc1cnc(NC(C)c2cccc(Br)c2)cc1N. The molecule has 1 unspecified atom stereocenters. The summed E-state index contributed by atoms with van der Waals surface area (Å²) in [5, 5.41) is 3.34. The monoisotopic (exact) mass is 305 g/mol. The van der Waals surface area contributed by atoms with Gasteiger partial charge in [0.1, 0.15) is 5.82 Å². The third-order valence-electron chi connectivity index (χ3n) is 2.86. The second kappa shape index (κ2) is 5.40. The van der Waals surface area contributed by atoms with Gasteiger partial charge in [0, 0.05) is 28.5 Å². The summed E-state index contributed by atoms with van der Waals surface area (Å²) in [5.41, 5.74) is 8.83. The van der Waals surface area contributed by atoms with Gasteiger partial charge in [-0.3, -0.25) is 0 Å². The minimum Gasteiger partial charge on any atom is -0.398 e. The second-order valence-corrected chi connectivity index (χ2v) is 5.26. The highest BCUT2D eigenvalue weighted by molar-refractivity contribution is 9.10. The smallest absolute Gasteiger partial charge is 0.128 e. The van der Waals surface area contributed by atoms with Crippen LogP contribution in [0.3, 0.4) is 0 Å². The summed E-state index contributed by atoms with van der Waals surface area (Å²) in [7, 11) is 0. The molecule has 0 aliphatic rings. The third kappa shape index (κ3) is 3.01. The third-order valence-corrected chi connectivity index (χ3v) is 3.35. The van der Waals surface area contributed by atoms with Crippen LogP contribution in [0.4, 0.5) is 11.5 Å². The molecule has 0 radical (unpaired) electrons. The summed E-state index contributed by atoms with van der Waals surface area (Å²) in [6.45, 7) is 4.04. The Kier molecular flexibility index (Phi) is 3.87. The van der Waals surface area contributed by atoms with Crippen molar-refractivity contribution in [1.82, 2.24) is 4.98 Å². The van der Waals surface area contributed by atoms with E-state index in [0.717, 1.165) is 21.5 Å². The van der Waals surface area contributed by atoms with Gasteiger partial charge in [-0.15, -0.1) is 0 Å². The minimum atomic E-state index is 0.178. The Hall–Kier alpha value is -1.55. The average Bonchev–Trinajstić information content (AvgIpc) is 2.34. The fourth-order valence-corrected chi connectivity index (χ4v) is 2.12. The molecule has 0 amide bonds. The zero-order valence-electron chi connectivity index (χ0n) is 10.4. The van der Waals surface area contributed by atoms with Crippen molar-refractivity contribution in [3.8, 4) is 0 Å². The number of nitrogens with zero attached hydrogens (tertiary/aromatic N) is 1. The lowest BCUT2D eigenvalue weighted by Gasteiger charge is -2.16. The van der Waals surface area contributed by atoms with E-state index in [-0.39, 0.29) is 6.04 Å². The van der Waals surface area contributed by atoms with E-state index in [1.165, 1.54) is 5.56 Å². The average molecular weight is 306 g/mol. The molecule has 0 saturated carbocycles. The lowest BCUT2D eigenvalue weighted by Crippen LogP contribution is -2.08. The van der Waals surface area contributed by atoms with Crippen molar-refractivity contribution < 1.29 is 0 Å². The largest absolute Gasteiger partial charge is 0.398 e. The van der Waals surface area contributed by atoms with Crippen LogP contribution in [0.5, 0.6) is 0 Å². The van der Waals surface area contributed by atoms with Crippen molar-refractivity contribution in [2.75, 3.05) is 11.1 Å². The van der Waals surface area contributed by atoms with Crippen molar-refractivity contribution in [2.24, 2.45) is 0 Å². The first kappa shape index (κ1) is 12.9. The second-order valence-electron chi connectivity index (χ2n) is 4.35. The summed E-state index contributed by atoms with van der Waals surface area (Å²) in [6.07, 6.45) is 1.78. The summed E-state index contributed by atoms with van der Waals surface area (Å²) in [5.74, 6) is 0.797. The van der Waals surface area contributed by atoms with Crippen molar-refractivity contribution in [2.45, 2.75) is 19.9 Å². The van der Waals surface area contributed by atoms with Gasteiger partial charge < -0.3 is 11.1 Å². The fraction of sp³-hybridized carbons (Fsp3) is 0.214. The lowest BCUT2D eigenvalue weighted by atomic mass is 10.1. The number of nitrogens with two attached hydrogens (primary N) is 1. The Morgan fingerprint density at radius 2 is 2.11 bits per heavy atom. The summed E-state index contributed by atoms with van der Waals surface area (Å²) >= 11 is 3.47. The maximum absolute atomic E-state index is 5.87. The maximum Gasteiger partial charge on any atom is 0.128 e. The van der Waals surface area contributed by atoms with Crippen LogP contribution in [0.15, 0.2) is 41.0 Å². The van der Waals surface area contributed by atoms with Crippen LogP contribution in [0.25, 0.3) is 0 Å². The Morgan fingerprint density at radius 1 is 1.33 bits per heavy atom. The molecule has 1 aromatic carbocycles. The van der Waals surface area contributed by atoms with E-state index in [0.29, 0.717) is 0 Å². The number of pyridine rings is 1. The zero-order chi connectivity index (χ0) is 13.1. The van der Waals surface area contributed by atoms with Gasteiger partial charge in [0.25, 0.3) is 0 Å². The lowest BCUT2D eigenvalue weighted by molar-refractivity contribution is 0.873. The number of aryl methyl sites for hydroxylation is 1. The van der Waals surface area contributed by atoms with Gasteiger partial charge in [-0.25, -0.2) is 4.98 Å². The first-order valence-corrected chi connectivity index (χ1v) is 6.59. The molecule has 18 heavy (non-hydrogen) atoms. The van der Waals surface area contributed by atoms with E-state index < -0.39 is 0 Å². The highest BCUT2D eigenvalue weighted by Crippen LogP contribution is 2.22. The molecule has 0 bridgehead atoms. The Bertz CT molecular complexity index is 554. The molecule has 1 heterocycles. The highest BCUT2D eigenvalue weighted by atomic mass is 79.9. The Morgan fingerprint density at radius 3 is 2.78 bits per heavy atom. The number of nitrogens with one attached hydrogen (secondary N) is 1. The van der Waals surface area contributed by atoms with E-state index >= 15 is 0 Å². The molecule has 0 aliphatic carbocycles. The molecule has 0 aliphatic heterocycles. The number of nitrogen functional groups attached to an aromatic ring is 1. The van der Waals surface area contributed by atoms with Gasteiger partial charge in [0.15, 0.2) is 0 Å². The van der Waals surface area contributed by atoms with Gasteiger partial charge in [0.05, 0.1) is 0 Å². The summed E-state index contributed by atoms with van der Waals surface area (Å²) in [6, 6.07) is 10.3. The van der Waals surface area contributed by atoms with Crippen LogP contribution in [-0.4, -0.2) is 4.98 Å². The van der Waals surface area contributed by atoms with Crippen molar-refractivity contribution in [1.29, 1.82) is 0 Å². The molecule has 2 aromatic rings. The fourth-order valence-electron chi connectivity index (χ4n) is 1.70. The van der Waals surface area contributed by atoms with E-state index in [4.69, 9.17) is 5.73 Å². The molecule has 3 nitrogen and oxygen atoms in total. The van der Waals surface area contributed by atoms with Gasteiger partial charge >= 0.3 is 0 Å². The highest BCUT2D eigenvalue weighted by Gasteiger charge is 2.07. The number of hydrogen-bond donors (Lipinski definition) is 2. The molecule has 1 aromatic heterocycles. The molecule has 0 fully saturated rings. The zero-order valence-corrected chi connectivity index (χ0v) is 12.0. The quantitative estimate of drug-likeness (QED) is 0.904. The Labute approximate surface area is 116 Å². The normalized spacial score (nSPS) is 12.2. The van der Waals surface area contributed by atoms with E-state index in [2.05, 4.69) is 45.3 Å². The predicted octanol–water partition coefficient (Wildman–Crippen LogP) is 3.91. The number of aromatic nitrogens is 1. The van der Waals surface area contributed by atoms with Gasteiger partial charge in [-0.2, -0.15) is 0 Å². The molecule has 3 N–H and O–H groups in total. The van der Waals surface area contributed by atoms with E-state index in [1.54, 1.807) is 6.20 Å². The first-order chi connectivity index (χ1) is 8.56. The van der Waals surface area contributed by atoms with Crippen LogP contribution in [0.2, 0.25) is 0 Å². The first-order valence-electron chi connectivity index (χ1n) is 5.80. The van der Waals surface area contributed by atoms with Crippen LogP contribution < -0.4 is 11.1 Å². The maximum atomic E-state index is 5.87. The topological polar surface area (TPSA) is 50.9 Å². The van der Waals surface area contributed by atoms with Crippen LogP contribution in [0, 0.1) is 6.92 Å². The molecule has 0 saturated heterocycles. The summed E-state index contributed by atoms with van der Waals surface area (Å²) < 4.78 is 1.07. The molecule has 1 atom stereocenters. The molecule has 4 heteroatoms. The van der Waals surface area contributed by atoms with Gasteiger partial charge in [-0.1, -0.05) is 28.1 Å². The number of anilines is 2. The predicted molar refractivity (Wildman–Crippen MR) is 79.6 cm³/mol. The molecular weight excluding hydrogens is 290 g/mol. The molecule has 0 spiro atoms. The van der Waals surface area contributed by atoms with Crippen LogP contribution in [-0.2, 0) is 0 Å². The number of rotatable bonds is 3. The number of hydrogen-bond acceptors (Lipinski definition) is 3. The van der Waals surface area contributed by atoms with E-state index in [1.807, 2.05) is 25.1 Å². The number of halogens is 1. The summed E-state index contributed by atoms with van der Waals surface area (Å²) in [4.78, 5) is 4.32. The molecule has 2 rings (SSSR count). The Balaban J connectivity index is 2.16. The number of benzene rings is 1.